The number of rotatable bonds is 18. The summed E-state index contributed by atoms with van der Waals surface area (Å²) >= 11 is -2.02. The van der Waals surface area contributed by atoms with Crippen LogP contribution >= 0.6 is 0 Å². The third kappa shape index (κ3) is 12.2. The molecule has 0 radical (unpaired) electrons. The van der Waals surface area contributed by atoms with Gasteiger partial charge in [0.2, 0.25) is 0 Å². The Labute approximate surface area is 191 Å². The molecule has 0 aliphatic heterocycles. The van der Waals surface area contributed by atoms with Gasteiger partial charge in [-0.15, -0.1) is 0 Å². The van der Waals surface area contributed by atoms with Crippen molar-refractivity contribution < 1.29 is 4.74 Å². The van der Waals surface area contributed by atoms with Crippen LogP contribution in [0.25, 0.3) is 0 Å². The fourth-order valence-corrected chi connectivity index (χ4v) is 19.1. The molecule has 0 heterocycles. The zero-order valence-corrected chi connectivity index (χ0v) is 23.1. The molecule has 0 aromatic heterocycles. The van der Waals surface area contributed by atoms with Crippen LogP contribution in [0.1, 0.15) is 90.7 Å². The number of aliphatic imine (C=N–C) groups is 1. The van der Waals surface area contributed by atoms with Crippen molar-refractivity contribution in [3.05, 3.63) is 48.2 Å². The normalized spacial score (nSPS) is 13.3. The maximum absolute atomic E-state index is 5.83. The number of hydrogen-bond acceptors (Lipinski definition) is 2. The summed E-state index contributed by atoms with van der Waals surface area (Å²) in [6, 6.07) is 10.7. The van der Waals surface area contributed by atoms with Crippen LogP contribution in [0, 0.1) is 0 Å². The summed E-state index contributed by atoms with van der Waals surface area (Å²) in [6.07, 6.45) is 16.9. The number of benzene rings is 1. The van der Waals surface area contributed by atoms with Crippen molar-refractivity contribution in [2.24, 2.45) is 4.99 Å². The second-order valence-corrected chi connectivity index (χ2v) is 22.8. The van der Waals surface area contributed by atoms with Gasteiger partial charge in [0.15, 0.2) is 0 Å². The van der Waals surface area contributed by atoms with E-state index in [9.17, 15) is 0 Å². The molecular formula is C27H47NOSn. The van der Waals surface area contributed by atoms with Crippen LogP contribution in [0.5, 0.6) is 0 Å². The number of allylic oxidation sites excluding steroid dienone is 1. The van der Waals surface area contributed by atoms with Crippen LogP contribution < -0.4 is 0 Å². The van der Waals surface area contributed by atoms with Crippen molar-refractivity contribution in [2.75, 3.05) is 6.61 Å². The van der Waals surface area contributed by atoms with E-state index in [1.54, 1.807) is 13.3 Å². The number of unbranched alkanes of at least 4 members (excludes halogenated alkanes) is 4. The molecule has 2 nitrogen and oxygen atoms in total. The Kier molecular flexibility index (Phi) is 16.2. The Morgan fingerprint density at radius 3 is 2.07 bits per heavy atom. The zero-order valence-electron chi connectivity index (χ0n) is 20.2. The molecule has 0 aliphatic carbocycles. The van der Waals surface area contributed by atoms with Gasteiger partial charge < -0.3 is 0 Å². The third-order valence-corrected chi connectivity index (χ3v) is 21.4. The van der Waals surface area contributed by atoms with Gasteiger partial charge in [0.1, 0.15) is 0 Å². The molecule has 0 spiro atoms. The second-order valence-electron chi connectivity index (χ2n) is 8.82. The van der Waals surface area contributed by atoms with E-state index in [2.05, 4.69) is 75.3 Å². The van der Waals surface area contributed by atoms with Gasteiger partial charge in [-0.3, -0.25) is 0 Å². The molecule has 30 heavy (non-hydrogen) atoms. The molecule has 0 fully saturated rings. The molecule has 1 rings (SSSR count). The van der Waals surface area contributed by atoms with Crippen LogP contribution in [0.3, 0.4) is 0 Å². The van der Waals surface area contributed by atoms with Gasteiger partial charge in [-0.1, -0.05) is 18.2 Å². The van der Waals surface area contributed by atoms with Crippen LogP contribution in [-0.4, -0.2) is 31.2 Å². The molecule has 1 aromatic rings. The molecule has 0 amide bonds. The second kappa shape index (κ2) is 17.9. The summed E-state index contributed by atoms with van der Waals surface area (Å²) in [6.45, 7) is 9.99. The van der Waals surface area contributed by atoms with Gasteiger partial charge in [0.05, 0.1) is 0 Å². The average Bonchev–Trinajstić information content (AvgIpc) is 2.79. The van der Waals surface area contributed by atoms with E-state index in [1.807, 2.05) is 6.26 Å². The predicted molar refractivity (Wildman–Crippen MR) is 137 cm³/mol. The Hall–Kier alpha value is -0.771. The molecule has 3 heteroatoms. The van der Waals surface area contributed by atoms with Crippen molar-refractivity contribution in [1.82, 2.24) is 0 Å². The van der Waals surface area contributed by atoms with E-state index in [4.69, 9.17) is 4.74 Å². The molecule has 0 bridgehead atoms. The summed E-state index contributed by atoms with van der Waals surface area (Å²) in [5.41, 5.74) is 1.27. The predicted octanol–water partition coefficient (Wildman–Crippen LogP) is 8.98. The number of ether oxygens (including phenoxy) is 1. The first-order valence-corrected chi connectivity index (χ1v) is 20.6. The van der Waals surface area contributed by atoms with Gasteiger partial charge in [-0.2, -0.15) is 0 Å². The summed E-state index contributed by atoms with van der Waals surface area (Å²) in [5, 5.41) is 0. The summed E-state index contributed by atoms with van der Waals surface area (Å²) in [7, 11) is 0. The summed E-state index contributed by atoms with van der Waals surface area (Å²) in [4.78, 5) is 4.66. The van der Waals surface area contributed by atoms with E-state index in [0.717, 1.165) is 19.4 Å². The first kappa shape index (κ1) is 27.3. The minimum absolute atomic E-state index is 0.238. The Morgan fingerprint density at radius 1 is 0.900 bits per heavy atom. The fourth-order valence-electron chi connectivity index (χ4n) is 4.08. The van der Waals surface area contributed by atoms with Crippen molar-refractivity contribution in [3.8, 4) is 0 Å². The molecule has 0 unspecified atom stereocenters. The van der Waals surface area contributed by atoms with E-state index >= 15 is 0 Å². The van der Waals surface area contributed by atoms with Crippen molar-refractivity contribution >= 4 is 24.6 Å². The maximum atomic E-state index is 5.83. The molecule has 1 aromatic carbocycles. The van der Waals surface area contributed by atoms with Crippen LogP contribution in [-0.2, 0) is 4.74 Å². The summed E-state index contributed by atoms with van der Waals surface area (Å²) < 4.78 is 11.9. The molecule has 0 saturated carbocycles. The van der Waals surface area contributed by atoms with Gasteiger partial charge >= 0.3 is 174 Å². The molecule has 1 atom stereocenters. The van der Waals surface area contributed by atoms with Crippen LogP contribution in [0.2, 0.25) is 17.7 Å². The molecular weight excluding hydrogens is 473 g/mol. The minimum atomic E-state index is -2.02. The fraction of sp³-hybridized carbons (Fsp3) is 0.667. The summed E-state index contributed by atoms with van der Waals surface area (Å²) in [5.74, 6) is 0. The number of hydrogen-bond donors (Lipinski definition) is 0. The van der Waals surface area contributed by atoms with Gasteiger partial charge in [-0.05, 0) is 0 Å². The quantitative estimate of drug-likeness (QED) is 0.0820. The van der Waals surface area contributed by atoms with Crippen molar-refractivity contribution in [3.63, 3.8) is 0 Å². The van der Waals surface area contributed by atoms with E-state index < -0.39 is 18.4 Å². The van der Waals surface area contributed by atoms with Gasteiger partial charge in [-0.25, -0.2) is 0 Å². The Bertz CT molecular complexity index is 548. The Balaban J connectivity index is 2.34. The third-order valence-electron chi connectivity index (χ3n) is 6.13. The Morgan fingerprint density at radius 2 is 1.50 bits per heavy atom. The van der Waals surface area contributed by atoms with E-state index in [1.165, 1.54) is 48.5 Å². The van der Waals surface area contributed by atoms with E-state index in [-0.39, 0.29) is 6.04 Å². The van der Waals surface area contributed by atoms with E-state index in [0.29, 0.717) is 0 Å². The average molecular weight is 520 g/mol. The van der Waals surface area contributed by atoms with Crippen molar-refractivity contribution in [1.29, 1.82) is 0 Å². The molecule has 0 aliphatic rings. The molecule has 0 saturated heterocycles. The monoisotopic (exact) mass is 521 g/mol. The van der Waals surface area contributed by atoms with Gasteiger partial charge in [0.25, 0.3) is 0 Å². The van der Waals surface area contributed by atoms with Crippen molar-refractivity contribution in [2.45, 2.75) is 103 Å². The molecule has 0 N–H and O–H groups in total. The standard InChI is InChI=1S/C15H20NO.3C4H9.Sn/c1-3-12-17-13-8-7-11-16-14(2)15-9-5-4-6-10-15;3*1-3-4-2;/h3-6,9-12,14H,1,7-8,13H2,2H3;3*1,3-4H2,2H3;/b12-3-,16-11?;;;;/t14-;;;;/m1..../s1. The SMILES string of the molecule is CCC[CH2][Sn]([CH2]/C=C\OCCCC=N[C@H](C)c1ccccc1)([CH2]CCC)[CH2]CCC. The molecule has 170 valence electrons. The first-order chi connectivity index (χ1) is 14.7. The van der Waals surface area contributed by atoms with Gasteiger partial charge in [0, 0.05) is 0 Å². The van der Waals surface area contributed by atoms with Crippen LogP contribution in [0.4, 0.5) is 0 Å². The van der Waals surface area contributed by atoms with Crippen LogP contribution in [0.15, 0.2) is 47.7 Å². The topological polar surface area (TPSA) is 21.6 Å². The number of nitrogens with zero attached hydrogens (tertiary/aromatic N) is 1. The first-order valence-electron chi connectivity index (χ1n) is 12.5. The zero-order chi connectivity index (χ0) is 21.9.